The van der Waals surface area contributed by atoms with Gasteiger partial charge in [0.2, 0.25) is 5.88 Å². The van der Waals surface area contributed by atoms with Gasteiger partial charge in [0, 0.05) is 19.3 Å². The van der Waals surface area contributed by atoms with Crippen LogP contribution in [-0.2, 0) is 4.74 Å². The zero-order chi connectivity index (χ0) is 14.5. The molecule has 1 aliphatic carbocycles. The first-order valence-electron chi connectivity index (χ1n) is 7.72. The van der Waals surface area contributed by atoms with Crippen LogP contribution in [0.5, 0.6) is 5.88 Å². The Kier molecular flexibility index (Phi) is 4.55. The molecule has 21 heavy (non-hydrogen) atoms. The van der Waals surface area contributed by atoms with E-state index in [4.69, 9.17) is 14.6 Å². The molecule has 116 valence electrons. The van der Waals surface area contributed by atoms with Crippen molar-refractivity contribution in [1.82, 2.24) is 9.97 Å². The minimum atomic E-state index is -0.0227. The van der Waals surface area contributed by atoms with E-state index in [1.165, 1.54) is 19.3 Å². The molecule has 6 nitrogen and oxygen atoms in total. The van der Waals surface area contributed by atoms with Gasteiger partial charge in [0.05, 0.1) is 19.0 Å². The van der Waals surface area contributed by atoms with Crippen LogP contribution < -0.4 is 10.1 Å². The van der Waals surface area contributed by atoms with Crippen molar-refractivity contribution in [3.63, 3.8) is 0 Å². The molecule has 3 rings (SSSR count). The zero-order valence-corrected chi connectivity index (χ0v) is 12.3. The fourth-order valence-corrected chi connectivity index (χ4v) is 3.56. The number of aliphatic hydroxyl groups excluding tert-OH is 1. The molecular formula is C15H23N3O3. The van der Waals surface area contributed by atoms with Crippen LogP contribution in [0.3, 0.4) is 0 Å². The van der Waals surface area contributed by atoms with Gasteiger partial charge in [-0.25, -0.2) is 0 Å². The van der Waals surface area contributed by atoms with Crippen molar-refractivity contribution in [1.29, 1.82) is 0 Å². The average Bonchev–Trinajstić information content (AvgIpc) is 2.88. The Morgan fingerprint density at radius 2 is 2.19 bits per heavy atom. The van der Waals surface area contributed by atoms with Crippen molar-refractivity contribution >= 4 is 5.82 Å². The first-order chi connectivity index (χ1) is 10.3. The fraction of sp³-hybridized carbons (Fsp3) is 0.733. The zero-order valence-electron chi connectivity index (χ0n) is 12.3. The maximum atomic E-state index is 8.79. The summed E-state index contributed by atoms with van der Waals surface area (Å²) in [6.07, 6.45) is 9.24. The highest BCUT2D eigenvalue weighted by Gasteiger charge is 2.43. The van der Waals surface area contributed by atoms with Crippen molar-refractivity contribution in [3.05, 3.63) is 12.4 Å². The molecule has 1 unspecified atom stereocenters. The minimum Gasteiger partial charge on any atom is -0.474 e. The summed E-state index contributed by atoms with van der Waals surface area (Å²) in [4.78, 5) is 8.57. The Morgan fingerprint density at radius 3 is 3.00 bits per heavy atom. The largest absolute Gasteiger partial charge is 0.474 e. The smallest absolute Gasteiger partial charge is 0.234 e. The molecule has 0 radical (unpaired) electrons. The second-order valence-corrected chi connectivity index (χ2v) is 5.88. The number of hydrogen-bond acceptors (Lipinski definition) is 6. The number of ether oxygens (including phenoxy) is 2. The lowest BCUT2D eigenvalue weighted by molar-refractivity contribution is 0.0134. The highest BCUT2D eigenvalue weighted by molar-refractivity contribution is 5.36. The van der Waals surface area contributed by atoms with E-state index < -0.39 is 0 Å². The average molecular weight is 293 g/mol. The molecule has 0 amide bonds. The van der Waals surface area contributed by atoms with Crippen LogP contribution in [0.1, 0.15) is 32.1 Å². The minimum absolute atomic E-state index is 0.0227. The third kappa shape index (κ3) is 3.27. The molecule has 1 saturated heterocycles. The van der Waals surface area contributed by atoms with Crippen LogP contribution in [0.25, 0.3) is 0 Å². The number of nitrogens with zero attached hydrogens (tertiary/aromatic N) is 2. The number of nitrogens with one attached hydrogen (secondary N) is 1. The third-order valence-electron chi connectivity index (χ3n) is 4.67. The number of aromatic nitrogens is 2. The van der Waals surface area contributed by atoms with E-state index in [9.17, 15) is 0 Å². The Hall–Kier alpha value is -1.40. The quantitative estimate of drug-likeness (QED) is 0.859. The standard InChI is InChI=1S/C15H23N3O3/c19-6-9-21-14-11-16-10-13(18-14)17-12-2-1-3-15(12)4-7-20-8-5-15/h10-12,19H,1-9H2,(H,17,18). The molecule has 1 aromatic rings. The van der Waals surface area contributed by atoms with Crippen LogP contribution in [-0.4, -0.2) is 47.5 Å². The molecule has 1 aromatic heterocycles. The lowest BCUT2D eigenvalue weighted by Gasteiger charge is -2.39. The van der Waals surface area contributed by atoms with E-state index in [0.717, 1.165) is 31.9 Å². The van der Waals surface area contributed by atoms with Gasteiger partial charge >= 0.3 is 0 Å². The van der Waals surface area contributed by atoms with Crippen LogP contribution in [0.15, 0.2) is 12.4 Å². The Labute approximate surface area is 124 Å². The summed E-state index contributed by atoms with van der Waals surface area (Å²) < 4.78 is 10.8. The molecule has 2 aliphatic rings. The Balaban J connectivity index is 1.67. The Morgan fingerprint density at radius 1 is 1.33 bits per heavy atom. The van der Waals surface area contributed by atoms with Gasteiger partial charge < -0.3 is 19.9 Å². The first kappa shape index (κ1) is 14.5. The molecule has 1 spiro atoms. The van der Waals surface area contributed by atoms with Crippen molar-refractivity contribution in [2.75, 3.05) is 31.7 Å². The fourth-order valence-electron chi connectivity index (χ4n) is 3.56. The second-order valence-electron chi connectivity index (χ2n) is 5.88. The molecule has 6 heteroatoms. The maximum absolute atomic E-state index is 8.79. The SMILES string of the molecule is OCCOc1cncc(NC2CCCC23CCOCC3)n1. The predicted molar refractivity (Wildman–Crippen MR) is 78.4 cm³/mol. The summed E-state index contributed by atoms with van der Waals surface area (Å²) in [5, 5.41) is 12.3. The van der Waals surface area contributed by atoms with E-state index in [1.54, 1.807) is 12.4 Å². The van der Waals surface area contributed by atoms with Crippen molar-refractivity contribution < 1.29 is 14.6 Å². The third-order valence-corrected chi connectivity index (χ3v) is 4.67. The number of aliphatic hydroxyl groups is 1. The maximum Gasteiger partial charge on any atom is 0.234 e. The molecule has 0 aromatic carbocycles. The number of anilines is 1. The summed E-state index contributed by atoms with van der Waals surface area (Å²) in [6.45, 7) is 1.95. The van der Waals surface area contributed by atoms with Gasteiger partial charge in [-0.15, -0.1) is 0 Å². The van der Waals surface area contributed by atoms with E-state index in [-0.39, 0.29) is 13.2 Å². The van der Waals surface area contributed by atoms with Crippen molar-refractivity contribution in [2.24, 2.45) is 5.41 Å². The van der Waals surface area contributed by atoms with Crippen molar-refractivity contribution in [2.45, 2.75) is 38.1 Å². The summed E-state index contributed by atoms with van der Waals surface area (Å²) in [5.74, 6) is 1.20. The lowest BCUT2D eigenvalue weighted by Crippen LogP contribution is -2.40. The van der Waals surface area contributed by atoms with E-state index in [1.807, 2.05) is 0 Å². The summed E-state index contributed by atoms with van der Waals surface area (Å²) in [5.41, 5.74) is 0.349. The predicted octanol–water partition coefficient (Wildman–Crippen LogP) is 1.61. The van der Waals surface area contributed by atoms with Gasteiger partial charge in [-0.2, -0.15) is 4.98 Å². The normalized spacial score (nSPS) is 24.1. The van der Waals surface area contributed by atoms with Gasteiger partial charge in [-0.3, -0.25) is 4.98 Å². The topological polar surface area (TPSA) is 76.5 Å². The summed E-state index contributed by atoms with van der Waals surface area (Å²) in [6, 6.07) is 0.434. The van der Waals surface area contributed by atoms with Crippen molar-refractivity contribution in [3.8, 4) is 5.88 Å². The summed E-state index contributed by atoms with van der Waals surface area (Å²) >= 11 is 0. The van der Waals surface area contributed by atoms with Crippen LogP contribution >= 0.6 is 0 Å². The molecular weight excluding hydrogens is 270 g/mol. The molecule has 0 bridgehead atoms. The molecule has 2 fully saturated rings. The molecule has 1 saturated carbocycles. The highest BCUT2D eigenvalue weighted by Crippen LogP contribution is 2.47. The van der Waals surface area contributed by atoms with Gasteiger partial charge in [0.1, 0.15) is 12.4 Å². The van der Waals surface area contributed by atoms with E-state index >= 15 is 0 Å². The molecule has 1 atom stereocenters. The van der Waals surface area contributed by atoms with E-state index in [2.05, 4.69) is 15.3 Å². The lowest BCUT2D eigenvalue weighted by atomic mass is 9.75. The number of rotatable bonds is 5. The van der Waals surface area contributed by atoms with Gasteiger partial charge in [0.25, 0.3) is 0 Å². The molecule has 2 N–H and O–H groups in total. The van der Waals surface area contributed by atoms with Crippen LogP contribution in [0.2, 0.25) is 0 Å². The number of hydrogen-bond donors (Lipinski definition) is 2. The highest BCUT2D eigenvalue weighted by atomic mass is 16.5. The van der Waals surface area contributed by atoms with Gasteiger partial charge in [-0.1, -0.05) is 6.42 Å². The monoisotopic (exact) mass is 293 g/mol. The first-order valence-corrected chi connectivity index (χ1v) is 7.72. The Bertz CT molecular complexity index is 463. The molecule has 1 aliphatic heterocycles. The van der Waals surface area contributed by atoms with Gasteiger partial charge in [-0.05, 0) is 31.1 Å². The molecule has 2 heterocycles. The summed E-state index contributed by atoms with van der Waals surface area (Å²) in [7, 11) is 0. The van der Waals surface area contributed by atoms with Gasteiger partial charge in [0.15, 0.2) is 0 Å². The van der Waals surface area contributed by atoms with Crippen LogP contribution in [0, 0.1) is 5.41 Å². The van der Waals surface area contributed by atoms with E-state index in [0.29, 0.717) is 17.3 Å². The second kappa shape index (κ2) is 6.58. The van der Waals surface area contributed by atoms with Crippen LogP contribution in [0.4, 0.5) is 5.82 Å².